The second kappa shape index (κ2) is 6.85. The van der Waals surface area contributed by atoms with Crippen LogP contribution < -0.4 is 5.32 Å². The highest BCUT2D eigenvalue weighted by atomic mass is 32.1. The summed E-state index contributed by atoms with van der Waals surface area (Å²) in [6.45, 7) is 12.1. The van der Waals surface area contributed by atoms with Gasteiger partial charge in [-0.15, -0.1) is 11.3 Å². The van der Waals surface area contributed by atoms with Crippen LogP contribution in [0.3, 0.4) is 0 Å². The lowest BCUT2D eigenvalue weighted by Crippen LogP contribution is -2.42. The number of hydrogen-bond donors (Lipinski definition) is 1. The van der Waals surface area contributed by atoms with Gasteiger partial charge in [0.25, 0.3) is 5.91 Å². The largest absolute Gasteiger partial charge is 0.349 e. The highest BCUT2D eigenvalue weighted by molar-refractivity contribution is 7.09. The van der Waals surface area contributed by atoms with E-state index >= 15 is 0 Å². The van der Waals surface area contributed by atoms with Crippen LogP contribution in [0.4, 0.5) is 0 Å². The number of nitrogens with one attached hydrogen (secondary N) is 1. The first kappa shape index (κ1) is 15.1. The maximum atomic E-state index is 11.8. The van der Waals surface area contributed by atoms with E-state index in [0.29, 0.717) is 24.3 Å². The van der Waals surface area contributed by atoms with Gasteiger partial charge in [-0.2, -0.15) is 0 Å². The minimum Gasteiger partial charge on any atom is -0.349 e. The molecule has 1 N–H and O–H groups in total. The smallest absolute Gasteiger partial charge is 0.270 e. The Bertz CT molecular complexity index is 379. The van der Waals surface area contributed by atoms with E-state index in [4.69, 9.17) is 0 Å². The molecule has 0 saturated carbocycles. The number of carbonyl (C=O) groups excluding carboxylic acids is 1. The van der Waals surface area contributed by atoms with E-state index in [1.165, 1.54) is 11.3 Å². The molecule has 0 saturated heterocycles. The molecule has 102 valence electrons. The van der Waals surface area contributed by atoms with Crippen molar-refractivity contribution in [3.8, 4) is 0 Å². The Morgan fingerprint density at radius 1 is 1.39 bits per heavy atom. The third-order valence-electron chi connectivity index (χ3n) is 2.83. The molecule has 4 nitrogen and oxygen atoms in total. The van der Waals surface area contributed by atoms with Gasteiger partial charge in [-0.3, -0.25) is 9.69 Å². The van der Waals surface area contributed by atoms with E-state index in [0.717, 1.165) is 11.6 Å². The van der Waals surface area contributed by atoms with Crippen LogP contribution in [0, 0.1) is 6.92 Å². The summed E-state index contributed by atoms with van der Waals surface area (Å²) in [5, 5.41) is 5.64. The molecule has 1 aromatic heterocycles. The van der Waals surface area contributed by atoms with Gasteiger partial charge in [-0.05, 0) is 34.6 Å². The molecule has 5 heteroatoms. The Morgan fingerprint density at radius 3 is 2.44 bits per heavy atom. The van der Waals surface area contributed by atoms with Crippen molar-refractivity contribution in [2.45, 2.75) is 46.7 Å². The summed E-state index contributed by atoms with van der Waals surface area (Å²) >= 11 is 1.50. The first-order valence-electron chi connectivity index (χ1n) is 6.38. The summed E-state index contributed by atoms with van der Waals surface area (Å²) in [6, 6.07) is 0.979. The van der Waals surface area contributed by atoms with Crippen LogP contribution in [-0.4, -0.2) is 41.0 Å². The molecule has 0 radical (unpaired) electrons. The number of amides is 1. The van der Waals surface area contributed by atoms with Gasteiger partial charge in [-0.1, -0.05) is 0 Å². The zero-order valence-corrected chi connectivity index (χ0v) is 12.7. The molecule has 0 fully saturated rings. The Labute approximate surface area is 113 Å². The van der Waals surface area contributed by atoms with Crippen LogP contribution in [0.2, 0.25) is 0 Å². The molecule has 0 aliphatic heterocycles. The second-order valence-electron chi connectivity index (χ2n) is 4.93. The number of rotatable bonds is 6. The number of thiazole rings is 1. The van der Waals surface area contributed by atoms with Crippen LogP contribution in [0.15, 0.2) is 5.38 Å². The number of carbonyl (C=O) groups is 1. The van der Waals surface area contributed by atoms with Crippen molar-refractivity contribution >= 4 is 17.2 Å². The van der Waals surface area contributed by atoms with E-state index in [-0.39, 0.29) is 5.91 Å². The summed E-state index contributed by atoms with van der Waals surface area (Å²) in [5.74, 6) is -0.0770. The van der Waals surface area contributed by atoms with Crippen LogP contribution in [0.25, 0.3) is 0 Å². The number of aromatic nitrogens is 1. The molecule has 1 aromatic rings. The summed E-state index contributed by atoms with van der Waals surface area (Å²) in [7, 11) is 0. The normalized spacial score (nSPS) is 11.6. The quantitative estimate of drug-likeness (QED) is 0.862. The van der Waals surface area contributed by atoms with Crippen molar-refractivity contribution in [2.24, 2.45) is 0 Å². The minimum absolute atomic E-state index is 0.0770. The molecule has 0 aliphatic carbocycles. The molecular weight excluding hydrogens is 246 g/mol. The second-order valence-corrected chi connectivity index (χ2v) is 6.00. The van der Waals surface area contributed by atoms with Gasteiger partial charge in [0.05, 0.1) is 5.01 Å². The molecule has 0 bridgehead atoms. The molecule has 0 unspecified atom stereocenters. The fourth-order valence-electron chi connectivity index (χ4n) is 1.97. The Balaban J connectivity index is 2.39. The maximum absolute atomic E-state index is 11.8. The Hall–Kier alpha value is -0.940. The fourth-order valence-corrected chi connectivity index (χ4v) is 2.56. The Morgan fingerprint density at radius 2 is 2.00 bits per heavy atom. The molecule has 1 amide bonds. The van der Waals surface area contributed by atoms with Gasteiger partial charge in [0.1, 0.15) is 5.69 Å². The highest BCUT2D eigenvalue weighted by Gasteiger charge is 2.14. The van der Waals surface area contributed by atoms with Crippen LogP contribution in [0.1, 0.15) is 43.2 Å². The average molecular weight is 269 g/mol. The van der Waals surface area contributed by atoms with Gasteiger partial charge in [0.15, 0.2) is 0 Å². The summed E-state index contributed by atoms with van der Waals surface area (Å²) in [5.41, 5.74) is 0.526. The van der Waals surface area contributed by atoms with E-state index in [1.807, 2.05) is 6.92 Å². The van der Waals surface area contributed by atoms with Gasteiger partial charge < -0.3 is 5.32 Å². The molecule has 18 heavy (non-hydrogen) atoms. The van der Waals surface area contributed by atoms with Gasteiger partial charge in [0, 0.05) is 30.6 Å². The van der Waals surface area contributed by atoms with Crippen LogP contribution in [0.5, 0.6) is 0 Å². The molecule has 0 atom stereocenters. The number of nitrogens with zero attached hydrogens (tertiary/aromatic N) is 2. The zero-order valence-electron chi connectivity index (χ0n) is 11.9. The van der Waals surface area contributed by atoms with Crippen molar-refractivity contribution in [1.29, 1.82) is 0 Å². The van der Waals surface area contributed by atoms with Crippen LogP contribution in [-0.2, 0) is 0 Å². The lowest BCUT2D eigenvalue weighted by Gasteiger charge is -2.30. The standard InChI is InChI=1S/C13H23N3OS/c1-9(2)16(10(3)4)7-6-14-13(17)12-8-18-11(5)15-12/h8-10H,6-7H2,1-5H3,(H,14,17). The van der Waals surface area contributed by atoms with Crippen molar-refractivity contribution in [3.05, 3.63) is 16.1 Å². The van der Waals surface area contributed by atoms with Crippen LogP contribution >= 0.6 is 11.3 Å². The molecular formula is C13H23N3OS. The molecule has 1 rings (SSSR count). The van der Waals surface area contributed by atoms with E-state index < -0.39 is 0 Å². The zero-order chi connectivity index (χ0) is 13.7. The molecule has 0 spiro atoms. The van der Waals surface area contributed by atoms with E-state index in [1.54, 1.807) is 5.38 Å². The van der Waals surface area contributed by atoms with E-state index in [2.05, 4.69) is 42.9 Å². The van der Waals surface area contributed by atoms with Crippen molar-refractivity contribution in [1.82, 2.24) is 15.2 Å². The summed E-state index contributed by atoms with van der Waals surface area (Å²) in [6.07, 6.45) is 0. The number of aryl methyl sites for hydroxylation is 1. The van der Waals surface area contributed by atoms with E-state index in [9.17, 15) is 4.79 Å². The minimum atomic E-state index is -0.0770. The van der Waals surface area contributed by atoms with Crippen molar-refractivity contribution < 1.29 is 4.79 Å². The predicted molar refractivity (Wildman–Crippen MR) is 76.2 cm³/mol. The molecule has 1 heterocycles. The first-order valence-corrected chi connectivity index (χ1v) is 7.26. The summed E-state index contributed by atoms with van der Waals surface area (Å²) in [4.78, 5) is 18.3. The van der Waals surface area contributed by atoms with Gasteiger partial charge in [-0.25, -0.2) is 4.98 Å². The average Bonchev–Trinajstić information content (AvgIpc) is 2.69. The van der Waals surface area contributed by atoms with Crippen molar-refractivity contribution in [3.63, 3.8) is 0 Å². The Kier molecular flexibility index (Phi) is 5.75. The first-order chi connectivity index (χ1) is 8.41. The molecule has 0 aliphatic rings. The lowest BCUT2D eigenvalue weighted by atomic mass is 10.2. The predicted octanol–water partition coefficient (Wildman–Crippen LogP) is 2.30. The fraction of sp³-hybridized carbons (Fsp3) is 0.692. The topological polar surface area (TPSA) is 45.2 Å². The van der Waals surface area contributed by atoms with Crippen molar-refractivity contribution in [2.75, 3.05) is 13.1 Å². The summed E-state index contributed by atoms with van der Waals surface area (Å²) < 4.78 is 0. The third kappa shape index (κ3) is 4.38. The van der Waals surface area contributed by atoms with Gasteiger partial charge >= 0.3 is 0 Å². The molecule has 0 aromatic carbocycles. The lowest BCUT2D eigenvalue weighted by molar-refractivity contribution is 0.0935. The SMILES string of the molecule is Cc1nc(C(=O)NCCN(C(C)C)C(C)C)cs1. The van der Waals surface area contributed by atoms with Gasteiger partial charge in [0.2, 0.25) is 0 Å². The monoisotopic (exact) mass is 269 g/mol. The number of hydrogen-bond acceptors (Lipinski definition) is 4. The maximum Gasteiger partial charge on any atom is 0.270 e. The third-order valence-corrected chi connectivity index (χ3v) is 3.61. The highest BCUT2D eigenvalue weighted by Crippen LogP contribution is 2.07.